The second kappa shape index (κ2) is 7.89. The van der Waals surface area contributed by atoms with Crippen LogP contribution in [0.1, 0.15) is 49.7 Å². The van der Waals surface area contributed by atoms with Crippen molar-refractivity contribution in [2.24, 2.45) is 5.92 Å². The summed E-state index contributed by atoms with van der Waals surface area (Å²) in [6.45, 7) is 5.15. The number of alkyl halides is 2. The van der Waals surface area contributed by atoms with Crippen LogP contribution >= 0.6 is 0 Å². The SMILES string of the molecule is CCC(C)Cc1cc(C(=O)N[C@@H](C)C(=O)N2CCC(F)(F)C2)ccn1. The molecule has 1 aromatic rings. The third kappa shape index (κ3) is 5.21. The lowest BCUT2D eigenvalue weighted by molar-refractivity contribution is -0.133. The van der Waals surface area contributed by atoms with E-state index < -0.39 is 30.3 Å². The van der Waals surface area contributed by atoms with E-state index in [1.807, 2.05) is 0 Å². The van der Waals surface area contributed by atoms with E-state index in [1.165, 1.54) is 6.92 Å². The number of nitrogens with zero attached hydrogens (tertiary/aromatic N) is 2. The Bertz CT molecular complexity index is 637. The molecule has 1 N–H and O–H groups in total. The maximum atomic E-state index is 13.2. The first-order valence-corrected chi connectivity index (χ1v) is 8.64. The number of carbonyl (C=O) groups is 2. The van der Waals surface area contributed by atoms with E-state index in [9.17, 15) is 18.4 Å². The van der Waals surface area contributed by atoms with Crippen molar-refractivity contribution in [3.8, 4) is 0 Å². The predicted molar refractivity (Wildman–Crippen MR) is 90.5 cm³/mol. The number of amides is 2. The smallest absolute Gasteiger partial charge is 0.267 e. The third-order valence-electron chi connectivity index (χ3n) is 4.53. The number of hydrogen-bond acceptors (Lipinski definition) is 3. The normalized spacial score (nSPS) is 18.7. The molecule has 0 saturated carbocycles. The van der Waals surface area contributed by atoms with Crippen LogP contribution in [-0.2, 0) is 11.2 Å². The molecule has 25 heavy (non-hydrogen) atoms. The zero-order valence-corrected chi connectivity index (χ0v) is 14.9. The van der Waals surface area contributed by atoms with Gasteiger partial charge in [0.25, 0.3) is 11.8 Å². The van der Waals surface area contributed by atoms with E-state index in [2.05, 4.69) is 24.1 Å². The molecule has 1 unspecified atom stereocenters. The fourth-order valence-electron chi connectivity index (χ4n) is 2.77. The van der Waals surface area contributed by atoms with Crippen molar-refractivity contribution >= 4 is 11.8 Å². The number of rotatable bonds is 6. The van der Waals surface area contributed by atoms with Gasteiger partial charge in [-0.2, -0.15) is 0 Å². The van der Waals surface area contributed by atoms with Gasteiger partial charge >= 0.3 is 0 Å². The molecule has 2 rings (SSSR count). The lowest BCUT2D eigenvalue weighted by atomic mass is 10.0. The molecule has 1 aliphatic rings. The zero-order valence-electron chi connectivity index (χ0n) is 14.9. The highest BCUT2D eigenvalue weighted by Gasteiger charge is 2.41. The number of nitrogens with one attached hydrogen (secondary N) is 1. The Morgan fingerprint density at radius 3 is 2.72 bits per heavy atom. The summed E-state index contributed by atoms with van der Waals surface area (Å²) in [5.41, 5.74) is 1.24. The quantitative estimate of drug-likeness (QED) is 0.855. The fraction of sp³-hybridized carbons (Fsp3) is 0.611. The first-order chi connectivity index (χ1) is 11.7. The number of pyridine rings is 1. The van der Waals surface area contributed by atoms with Crippen LogP contribution in [0.4, 0.5) is 8.78 Å². The molecule has 0 aliphatic carbocycles. The van der Waals surface area contributed by atoms with Crippen LogP contribution in [0.25, 0.3) is 0 Å². The maximum Gasteiger partial charge on any atom is 0.267 e. The summed E-state index contributed by atoms with van der Waals surface area (Å²) in [5.74, 6) is -3.27. The molecule has 0 spiro atoms. The molecule has 2 heterocycles. The molecule has 7 heteroatoms. The Hall–Kier alpha value is -2.05. The van der Waals surface area contributed by atoms with Gasteiger partial charge in [0.1, 0.15) is 6.04 Å². The van der Waals surface area contributed by atoms with Crippen LogP contribution in [-0.4, -0.2) is 46.8 Å². The Morgan fingerprint density at radius 1 is 1.40 bits per heavy atom. The molecule has 1 saturated heterocycles. The molecule has 1 aromatic heterocycles. The highest BCUT2D eigenvalue weighted by Crippen LogP contribution is 2.27. The van der Waals surface area contributed by atoms with Crippen molar-refractivity contribution in [3.63, 3.8) is 0 Å². The molecule has 1 fully saturated rings. The van der Waals surface area contributed by atoms with Crippen molar-refractivity contribution in [1.82, 2.24) is 15.2 Å². The molecule has 0 aromatic carbocycles. The second-order valence-corrected chi connectivity index (χ2v) is 6.81. The third-order valence-corrected chi connectivity index (χ3v) is 4.53. The molecule has 138 valence electrons. The maximum absolute atomic E-state index is 13.2. The largest absolute Gasteiger partial charge is 0.341 e. The topological polar surface area (TPSA) is 62.3 Å². The van der Waals surface area contributed by atoms with E-state index in [0.29, 0.717) is 11.5 Å². The molecular formula is C18H25F2N3O2. The summed E-state index contributed by atoms with van der Waals surface area (Å²) in [7, 11) is 0. The molecule has 2 amide bonds. The molecule has 2 atom stereocenters. The minimum absolute atomic E-state index is 0.0142. The van der Waals surface area contributed by atoms with Crippen LogP contribution in [0.15, 0.2) is 18.3 Å². The number of hydrogen-bond donors (Lipinski definition) is 1. The van der Waals surface area contributed by atoms with Crippen LogP contribution in [0, 0.1) is 5.92 Å². The van der Waals surface area contributed by atoms with Gasteiger partial charge in [0.2, 0.25) is 5.91 Å². The van der Waals surface area contributed by atoms with Gasteiger partial charge < -0.3 is 10.2 Å². The first-order valence-electron chi connectivity index (χ1n) is 8.64. The Kier molecular flexibility index (Phi) is 6.08. The number of likely N-dealkylation sites (tertiary alicyclic amines) is 1. The minimum atomic E-state index is -2.84. The van der Waals surface area contributed by atoms with Crippen LogP contribution in [0.5, 0.6) is 0 Å². The average molecular weight is 353 g/mol. The van der Waals surface area contributed by atoms with Crippen molar-refractivity contribution in [3.05, 3.63) is 29.6 Å². The Labute approximate surface area is 146 Å². The lowest BCUT2D eigenvalue weighted by Gasteiger charge is -2.21. The van der Waals surface area contributed by atoms with E-state index in [0.717, 1.165) is 23.4 Å². The highest BCUT2D eigenvalue weighted by atomic mass is 19.3. The van der Waals surface area contributed by atoms with Crippen molar-refractivity contribution in [1.29, 1.82) is 0 Å². The van der Waals surface area contributed by atoms with E-state index in [-0.39, 0.29) is 13.0 Å². The summed E-state index contributed by atoms with van der Waals surface area (Å²) in [4.78, 5) is 29.9. The van der Waals surface area contributed by atoms with Crippen LogP contribution < -0.4 is 5.32 Å². The van der Waals surface area contributed by atoms with Gasteiger partial charge in [-0.1, -0.05) is 20.3 Å². The van der Waals surface area contributed by atoms with E-state index in [4.69, 9.17) is 0 Å². The number of carbonyl (C=O) groups excluding carboxylic acids is 2. The lowest BCUT2D eigenvalue weighted by Crippen LogP contribution is -2.46. The molecular weight excluding hydrogens is 328 g/mol. The standard InChI is InChI=1S/C18H25F2N3O2/c1-4-12(2)9-15-10-14(5-7-21-15)16(24)22-13(3)17(25)23-8-6-18(19,20)11-23/h5,7,10,12-13H,4,6,8-9,11H2,1-3H3,(H,22,24)/t12?,13-/m0/s1. The summed E-state index contributed by atoms with van der Waals surface area (Å²) in [6.07, 6.45) is 3.03. The Balaban J connectivity index is 1.97. The monoisotopic (exact) mass is 353 g/mol. The van der Waals surface area contributed by atoms with Gasteiger partial charge in [0, 0.05) is 30.4 Å². The Morgan fingerprint density at radius 2 is 2.12 bits per heavy atom. The first kappa shape index (κ1) is 19.3. The van der Waals surface area contributed by atoms with E-state index >= 15 is 0 Å². The molecule has 1 aliphatic heterocycles. The van der Waals surface area contributed by atoms with Crippen molar-refractivity contribution in [2.45, 2.75) is 52.0 Å². The van der Waals surface area contributed by atoms with E-state index in [1.54, 1.807) is 18.3 Å². The van der Waals surface area contributed by atoms with Gasteiger partial charge in [-0.15, -0.1) is 0 Å². The van der Waals surface area contributed by atoms with Gasteiger partial charge in [0.15, 0.2) is 0 Å². The highest BCUT2D eigenvalue weighted by molar-refractivity contribution is 5.97. The van der Waals surface area contributed by atoms with Gasteiger partial charge in [-0.25, -0.2) is 8.78 Å². The summed E-state index contributed by atoms with van der Waals surface area (Å²) >= 11 is 0. The van der Waals surface area contributed by atoms with Gasteiger partial charge in [-0.3, -0.25) is 14.6 Å². The van der Waals surface area contributed by atoms with Gasteiger partial charge in [-0.05, 0) is 31.4 Å². The summed E-state index contributed by atoms with van der Waals surface area (Å²) in [5, 5.41) is 2.59. The number of aromatic nitrogens is 1. The number of halogens is 2. The average Bonchev–Trinajstić information content (AvgIpc) is 2.94. The molecule has 0 radical (unpaired) electrons. The second-order valence-electron chi connectivity index (χ2n) is 6.81. The fourth-order valence-corrected chi connectivity index (χ4v) is 2.77. The summed E-state index contributed by atoms with van der Waals surface area (Å²) < 4.78 is 26.5. The minimum Gasteiger partial charge on any atom is -0.341 e. The van der Waals surface area contributed by atoms with Crippen molar-refractivity contribution in [2.75, 3.05) is 13.1 Å². The van der Waals surface area contributed by atoms with Crippen LogP contribution in [0.2, 0.25) is 0 Å². The molecule has 5 nitrogen and oxygen atoms in total. The van der Waals surface area contributed by atoms with Crippen LogP contribution in [0.3, 0.4) is 0 Å². The summed E-state index contributed by atoms with van der Waals surface area (Å²) in [6, 6.07) is 2.44. The van der Waals surface area contributed by atoms with Crippen molar-refractivity contribution < 1.29 is 18.4 Å². The molecule has 0 bridgehead atoms. The zero-order chi connectivity index (χ0) is 18.6. The van der Waals surface area contributed by atoms with Gasteiger partial charge in [0.05, 0.1) is 6.54 Å². The predicted octanol–water partition coefficient (Wildman–Crippen LogP) is 2.66.